The molecular weight excluding hydrogens is 314 g/mol. The molecule has 1 aliphatic heterocycles. The second kappa shape index (κ2) is 7.62. The lowest BCUT2D eigenvalue weighted by Gasteiger charge is -2.32. The van der Waals surface area contributed by atoms with Crippen LogP contribution in [-0.4, -0.2) is 40.7 Å². The van der Waals surface area contributed by atoms with Crippen LogP contribution in [0.25, 0.3) is 0 Å². The number of nitrogens with zero attached hydrogens (tertiary/aromatic N) is 2. The van der Waals surface area contributed by atoms with Crippen molar-refractivity contribution in [1.82, 2.24) is 15.1 Å². The molecule has 1 aliphatic rings. The van der Waals surface area contributed by atoms with Gasteiger partial charge in [0.25, 0.3) is 0 Å². The van der Waals surface area contributed by atoms with Crippen LogP contribution in [-0.2, 0) is 16.1 Å². The van der Waals surface area contributed by atoms with Crippen LogP contribution in [0.2, 0.25) is 5.02 Å². The second-order valence-electron chi connectivity index (χ2n) is 5.78. The molecule has 1 amide bonds. The predicted molar refractivity (Wildman–Crippen MR) is 88.3 cm³/mol. The van der Waals surface area contributed by atoms with Gasteiger partial charge in [-0.15, -0.1) is 0 Å². The Kier molecular flexibility index (Phi) is 5.31. The highest BCUT2D eigenvalue weighted by Crippen LogP contribution is 2.25. The van der Waals surface area contributed by atoms with Crippen molar-refractivity contribution < 1.29 is 9.53 Å². The first-order valence-corrected chi connectivity index (χ1v) is 8.20. The van der Waals surface area contributed by atoms with Crippen molar-refractivity contribution in [2.45, 2.75) is 25.4 Å². The fraction of sp³-hybridized carbons (Fsp3) is 0.412. The third-order valence-corrected chi connectivity index (χ3v) is 4.55. The number of benzene rings is 1. The Morgan fingerprint density at radius 3 is 3.04 bits per heavy atom. The number of halogens is 1. The molecule has 6 heteroatoms. The van der Waals surface area contributed by atoms with Crippen molar-refractivity contribution in [1.29, 1.82) is 0 Å². The minimum Gasteiger partial charge on any atom is -0.367 e. The van der Waals surface area contributed by atoms with Crippen molar-refractivity contribution in [2.75, 3.05) is 19.7 Å². The zero-order valence-electron chi connectivity index (χ0n) is 12.9. The minimum absolute atomic E-state index is 0.0290. The van der Waals surface area contributed by atoms with Crippen molar-refractivity contribution in [3.05, 3.63) is 52.8 Å². The van der Waals surface area contributed by atoms with Crippen LogP contribution < -0.4 is 0 Å². The summed E-state index contributed by atoms with van der Waals surface area (Å²) in [4.78, 5) is 14.2. The Labute approximate surface area is 140 Å². The fourth-order valence-corrected chi connectivity index (χ4v) is 3.10. The lowest BCUT2D eigenvalue weighted by molar-refractivity contribution is -0.137. The summed E-state index contributed by atoms with van der Waals surface area (Å²) in [6.07, 6.45) is 3.83. The molecule has 1 atom stereocenters. The van der Waals surface area contributed by atoms with Gasteiger partial charge in [0, 0.05) is 35.9 Å². The quantitative estimate of drug-likeness (QED) is 0.915. The molecule has 0 aliphatic carbocycles. The van der Waals surface area contributed by atoms with Gasteiger partial charge >= 0.3 is 0 Å². The third kappa shape index (κ3) is 4.12. The molecule has 1 aromatic carbocycles. The van der Waals surface area contributed by atoms with E-state index in [1.54, 1.807) is 6.20 Å². The molecule has 23 heavy (non-hydrogen) atoms. The van der Waals surface area contributed by atoms with E-state index in [1.807, 2.05) is 35.2 Å². The summed E-state index contributed by atoms with van der Waals surface area (Å²) < 4.78 is 5.55. The number of likely N-dealkylation sites (tertiary alicyclic amines) is 1. The summed E-state index contributed by atoms with van der Waals surface area (Å²) in [6.45, 7) is 1.94. The van der Waals surface area contributed by atoms with Crippen LogP contribution in [0.1, 0.15) is 30.0 Å². The molecule has 1 N–H and O–H groups in total. The maximum Gasteiger partial charge on any atom is 0.248 e. The Morgan fingerprint density at radius 1 is 1.39 bits per heavy atom. The Hall–Kier alpha value is -1.85. The van der Waals surface area contributed by atoms with E-state index in [2.05, 4.69) is 10.2 Å². The maximum atomic E-state index is 12.3. The molecule has 2 heterocycles. The van der Waals surface area contributed by atoms with E-state index in [1.165, 1.54) is 0 Å². The van der Waals surface area contributed by atoms with Gasteiger partial charge in [0.2, 0.25) is 5.91 Å². The summed E-state index contributed by atoms with van der Waals surface area (Å²) in [5.74, 6) is 0.361. The Bertz CT molecular complexity index is 645. The number of hydrogen-bond donors (Lipinski definition) is 1. The number of rotatable bonds is 5. The molecule has 0 radical (unpaired) electrons. The van der Waals surface area contributed by atoms with Gasteiger partial charge in [-0.2, -0.15) is 5.10 Å². The van der Waals surface area contributed by atoms with Crippen LogP contribution in [0.4, 0.5) is 0 Å². The van der Waals surface area contributed by atoms with E-state index in [4.69, 9.17) is 16.3 Å². The molecule has 0 saturated carbocycles. The number of aromatic nitrogens is 2. The van der Waals surface area contributed by atoms with Gasteiger partial charge in [-0.25, -0.2) is 0 Å². The van der Waals surface area contributed by atoms with Gasteiger partial charge in [-0.1, -0.05) is 29.8 Å². The van der Waals surface area contributed by atoms with Crippen LogP contribution in [0.5, 0.6) is 0 Å². The van der Waals surface area contributed by atoms with Gasteiger partial charge in [-0.05, 0) is 30.5 Å². The van der Waals surface area contributed by atoms with Crippen LogP contribution in [0.3, 0.4) is 0 Å². The van der Waals surface area contributed by atoms with Gasteiger partial charge in [0.15, 0.2) is 0 Å². The van der Waals surface area contributed by atoms with Gasteiger partial charge in [0.05, 0.1) is 6.61 Å². The number of hydrogen-bond acceptors (Lipinski definition) is 3. The van der Waals surface area contributed by atoms with E-state index in [9.17, 15) is 4.79 Å². The molecule has 5 nitrogen and oxygen atoms in total. The first-order valence-electron chi connectivity index (χ1n) is 7.82. The van der Waals surface area contributed by atoms with E-state index in [0.29, 0.717) is 17.5 Å². The molecule has 0 unspecified atom stereocenters. The van der Waals surface area contributed by atoms with E-state index in [-0.39, 0.29) is 12.5 Å². The molecule has 1 saturated heterocycles. The zero-order chi connectivity index (χ0) is 16.1. The van der Waals surface area contributed by atoms with Crippen LogP contribution in [0.15, 0.2) is 36.5 Å². The minimum atomic E-state index is 0.0290. The number of ether oxygens (including phenoxy) is 1. The largest absolute Gasteiger partial charge is 0.367 e. The number of carbonyl (C=O) groups excluding carboxylic acids is 1. The molecule has 2 aromatic rings. The predicted octanol–water partition coefficient (Wildman–Crippen LogP) is 2.99. The van der Waals surface area contributed by atoms with Gasteiger partial charge in [0.1, 0.15) is 6.61 Å². The SMILES string of the molecule is O=C(COCc1ccccc1Cl)N1CCC[C@@H](c2ccn[nH]2)C1. The number of aromatic amines is 1. The molecule has 1 aromatic heterocycles. The lowest BCUT2D eigenvalue weighted by atomic mass is 9.95. The van der Waals surface area contributed by atoms with E-state index < -0.39 is 0 Å². The molecule has 0 bridgehead atoms. The summed E-state index contributed by atoms with van der Waals surface area (Å²) in [5.41, 5.74) is 2.00. The van der Waals surface area contributed by atoms with Crippen molar-refractivity contribution in [3.63, 3.8) is 0 Å². The van der Waals surface area contributed by atoms with Gasteiger partial charge < -0.3 is 9.64 Å². The summed E-state index contributed by atoms with van der Waals surface area (Å²) in [5, 5.41) is 7.66. The Balaban J connectivity index is 1.49. The van der Waals surface area contributed by atoms with Crippen molar-refractivity contribution in [2.24, 2.45) is 0 Å². The Morgan fingerprint density at radius 2 is 2.26 bits per heavy atom. The molecule has 1 fully saturated rings. The fourth-order valence-electron chi connectivity index (χ4n) is 2.91. The van der Waals surface area contributed by atoms with E-state index >= 15 is 0 Å². The number of carbonyl (C=O) groups is 1. The maximum absolute atomic E-state index is 12.3. The van der Waals surface area contributed by atoms with Crippen molar-refractivity contribution in [3.8, 4) is 0 Å². The second-order valence-corrected chi connectivity index (χ2v) is 6.18. The smallest absolute Gasteiger partial charge is 0.248 e. The molecule has 0 spiro atoms. The summed E-state index contributed by atoms with van der Waals surface area (Å²) in [6, 6.07) is 9.49. The third-order valence-electron chi connectivity index (χ3n) is 4.18. The van der Waals surface area contributed by atoms with Crippen LogP contribution >= 0.6 is 11.6 Å². The molecule has 3 rings (SSSR count). The highest BCUT2D eigenvalue weighted by atomic mass is 35.5. The van der Waals surface area contributed by atoms with E-state index in [0.717, 1.165) is 37.2 Å². The molecule has 122 valence electrons. The first kappa shape index (κ1) is 16.0. The lowest BCUT2D eigenvalue weighted by Crippen LogP contribution is -2.41. The highest BCUT2D eigenvalue weighted by molar-refractivity contribution is 6.31. The average molecular weight is 334 g/mol. The zero-order valence-corrected chi connectivity index (χ0v) is 13.6. The first-order chi connectivity index (χ1) is 11.2. The summed E-state index contributed by atoms with van der Waals surface area (Å²) >= 11 is 6.08. The monoisotopic (exact) mass is 333 g/mol. The average Bonchev–Trinajstić information content (AvgIpc) is 3.11. The van der Waals surface area contributed by atoms with Crippen LogP contribution in [0, 0.1) is 0 Å². The molecular formula is C17H20ClN3O2. The number of H-pyrrole nitrogens is 1. The number of nitrogens with one attached hydrogen (secondary N) is 1. The standard InChI is InChI=1S/C17H20ClN3O2/c18-15-6-2-1-4-14(15)11-23-12-17(22)21-9-3-5-13(10-21)16-7-8-19-20-16/h1-2,4,6-8,13H,3,5,9-12H2,(H,19,20)/t13-/m1/s1. The number of piperidine rings is 1. The topological polar surface area (TPSA) is 58.2 Å². The van der Waals surface area contributed by atoms with Crippen molar-refractivity contribution >= 4 is 17.5 Å². The number of amides is 1. The summed E-state index contributed by atoms with van der Waals surface area (Å²) in [7, 11) is 0. The van der Waals surface area contributed by atoms with Gasteiger partial charge in [-0.3, -0.25) is 9.89 Å². The normalized spacial score (nSPS) is 18.1. The highest BCUT2D eigenvalue weighted by Gasteiger charge is 2.25.